The van der Waals surface area contributed by atoms with Gasteiger partial charge in [0.2, 0.25) is 0 Å². The van der Waals surface area contributed by atoms with Crippen molar-refractivity contribution in [1.29, 1.82) is 5.41 Å². The first-order chi connectivity index (χ1) is 17.1. The Hall–Kier alpha value is -3.33. The first-order valence-electron chi connectivity index (χ1n) is 12.2. The Balaban J connectivity index is 0.00000108. The molecule has 4 rings (SSSR count). The van der Waals surface area contributed by atoms with E-state index in [1.807, 2.05) is 31.3 Å². The van der Waals surface area contributed by atoms with Gasteiger partial charge in [0.15, 0.2) is 5.01 Å². The molecule has 1 fully saturated rings. The summed E-state index contributed by atoms with van der Waals surface area (Å²) >= 11 is 1.21. The molecule has 3 N–H and O–H groups in total. The van der Waals surface area contributed by atoms with Gasteiger partial charge < -0.3 is 15.5 Å². The fraction of sp³-hybridized carbons (Fsp3) is 0.423. The maximum Gasteiger partial charge on any atom is 0.280 e. The molecular weight excluding hydrogens is 458 g/mol. The van der Waals surface area contributed by atoms with E-state index in [0.29, 0.717) is 33.5 Å². The van der Waals surface area contributed by atoms with Crippen LogP contribution in [0.3, 0.4) is 0 Å². The SMILES string of the molecule is CCC.CNc1nc(N2CCCCCC2)ccc1C(=N)c1cnc(C(=O)NCc2ccncc2)s1. The number of thiazole rings is 1. The lowest BCUT2D eigenvalue weighted by molar-refractivity contribution is 0.0950. The van der Waals surface area contributed by atoms with Crippen LogP contribution in [0.5, 0.6) is 0 Å². The highest BCUT2D eigenvalue weighted by Crippen LogP contribution is 2.25. The van der Waals surface area contributed by atoms with Crippen LogP contribution >= 0.6 is 11.3 Å². The first-order valence-corrected chi connectivity index (χ1v) is 13.0. The van der Waals surface area contributed by atoms with Gasteiger partial charge in [-0.3, -0.25) is 15.2 Å². The second kappa shape index (κ2) is 13.5. The zero-order chi connectivity index (χ0) is 25.0. The van der Waals surface area contributed by atoms with Crippen LogP contribution in [-0.2, 0) is 6.54 Å². The second-order valence-corrected chi connectivity index (χ2v) is 9.40. The summed E-state index contributed by atoms with van der Waals surface area (Å²) in [6.45, 7) is 6.68. The van der Waals surface area contributed by atoms with E-state index < -0.39 is 0 Å². The second-order valence-electron chi connectivity index (χ2n) is 8.37. The molecule has 0 spiro atoms. The molecule has 0 bridgehead atoms. The van der Waals surface area contributed by atoms with Crippen LogP contribution in [0.15, 0.2) is 42.9 Å². The van der Waals surface area contributed by atoms with Crippen molar-refractivity contribution in [2.45, 2.75) is 52.5 Å². The zero-order valence-electron chi connectivity index (χ0n) is 20.8. The minimum atomic E-state index is -0.255. The number of amides is 1. The predicted molar refractivity (Wildman–Crippen MR) is 144 cm³/mol. The molecule has 0 atom stereocenters. The molecule has 1 aliphatic heterocycles. The number of hydrogen-bond acceptors (Lipinski definition) is 8. The van der Waals surface area contributed by atoms with Crippen molar-refractivity contribution in [3.8, 4) is 0 Å². The van der Waals surface area contributed by atoms with Gasteiger partial charge in [-0.05, 0) is 42.7 Å². The van der Waals surface area contributed by atoms with Gasteiger partial charge in [-0.1, -0.05) is 33.1 Å². The van der Waals surface area contributed by atoms with Crippen LogP contribution < -0.4 is 15.5 Å². The van der Waals surface area contributed by atoms with Crippen LogP contribution in [0, 0.1) is 5.41 Å². The number of rotatable bonds is 7. The molecule has 3 aromatic heterocycles. The molecule has 35 heavy (non-hydrogen) atoms. The Morgan fingerprint density at radius 1 is 1.09 bits per heavy atom. The van der Waals surface area contributed by atoms with Crippen molar-refractivity contribution in [2.75, 3.05) is 30.4 Å². The van der Waals surface area contributed by atoms with Gasteiger partial charge in [0.1, 0.15) is 11.6 Å². The van der Waals surface area contributed by atoms with Crippen LogP contribution in [0.4, 0.5) is 11.6 Å². The number of aromatic nitrogens is 3. The van der Waals surface area contributed by atoms with Crippen molar-refractivity contribution in [2.24, 2.45) is 0 Å². The van der Waals surface area contributed by atoms with Crippen molar-refractivity contribution < 1.29 is 4.79 Å². The van der Waals surface area contributed by atoms with Crippen LogP contribution in [0.2, 0.25) is 0 Å². The lowest BCUT2D eigenvalue weighted by Gasteiger charge is -2.22. The van der Waals surface area contributed by atoms with Gasteiger partial charge >= 0.3 is 0 Å². The van der Waals surface area contributed by atoms with Crippen LogP contribution in [0.25, 0.3) is 0 Å². The normalized spacial score (nSPS) is 13.3. The molecule has 1 saturated heterocycles. The number of hydrogen-bond donors (Lipinski definition) is 3. The lowest BCUT2D eigenvalue weighted by Crippen LogP contribution is -2.25. The van der Waals surface area contributed by atoms with Gasteiger partial charge in [-0.25, -0.2) is 9.97 Å². The van der Waals surface area contributed by atoms with Crippen molar-refractivity contribution >= 4 is 34.6 Å². The third kappa shape index (κ3) is 7.32. The fourth-order valence-corrected chi connectivity index (χ4v) is 4.50. The Morgan fingerprint density at radius 3 is 2.43 bits per heavy atom. The minimum absolute atomic E-state index is 0.255. The summed E-state index contributed by atoms with van der Waals surface area (Å²) in [4.78, 5) is 28.4. The highest BCUT2D eigenvalue weighted by atomic mass is 32.1. The van der Waals surface area contributed by atoms with Gasteiger partial charge in [0.05, 0.1) is 10.6 Å². The summed E-state index contributed by atoms with van der Waals surface area (Å²) in [6, 6.07) is 7.62. The van der Waals surface area contributed by atoms with E-state index in [4.69, 9.17) is 10.4 Å². The molecule has 9 heteroatoms. The third-order valence-corrected chi connectivity index (χ3v) is 6.48. The van der Waals surface area contributed by atoms with Gasteiger partial charge in [-0.15, -0.1) is 11.3 Å². The topological polar surface area (TPSA) is 107 Å². The number of carbonyl (C=O) groups excluding carboxylic acids is 1. The zero-order valence-corrected chi connectivity index (χ0v) is 21.6. The van der Waals surface area contributed by atoms with E-state index in [2.05, 4.69) is 39.3 Å². The Labute approximate surface area is 211 Å². The summed E-state index contributed by atoms with van der Waals surface area (Å²) in [6.07, 6.45) is 11.1. The number of pyridine rings is 2. The first kappa shape index (κ1) is 26.3. The average molecular weight is 494 g/mol. The van der Waals surface area contributed by atoms with E-state index in [9.17, 15) is 4.79 Å². The van der Waals surface area contributed by atoms with Gasteiger partial charge in [0.25, 0.3) is 5.91 Å². The highest BCUT2D eigenvalue weighted by Gasteiger charge is 2.19. The molecule has 0 aliphatic carbocycles. The maximum absolute atomic E-state index is 12.5. The maximum atomic E-state index is 12.5. The Bertz CT molecular complexity index is 1090. The average Bonchev–Trinajstić information content (AvgIpc) is 3.23. The van der Waals surface area contributed by atoms with E-state index in [1.165, 1.54) is 43.4 Å². The summed E-state index contributed by atoms with van der Waals surface area (Å²) in [5.41, 5.74) is 1.96. The number of nitrogens with one attached hydrogen (secondary N) is 3. The molecule has 1 aliphatic rings. The van der Waals surface area contributed by atoms with E-state index in [1.54, 1.807) is 18.6 Å². The van der Waals surface area contributed by atoms with E-state index >= 15 is 0 Å². The van der Waals surface area contributed by atoms with E-state index in [-0.39, 0.29) is 5.91 Å². The molecule has 0 unspecified atom stereocenters. The summed E-state index contributed by atoms with van der Waals surface area (Å²) < 4.78 is 0. The Morgan fingerprint density at radius 2 is 1.77 bits per heavy atom. The third-order valence-electron chi connectivity index (χ3n) is 5.47. The highest BCUT2D eigenvalue weighted by molar-refractivity contribution is 7.15. The van der Waals surface area contributed by atoms with Crippen LogP contribution in [0.1, 0.15) is 71.8 Å². The van der Waals surface area contributed by atoms with Gasteiger partial charge in [-0.2, -0.15) is 0 Å². The minimum Gasteiger partial charge on any atom is -0.373 e. The molecule has 4 heterocycles. The molecule has 0 aromatic carbocycles. The smallest absolute Gasteiger partial charge is 0.280 e. The predicted octanol–water partition coefficient (Wildman–Crippen LogP) is 5.12. The van der Waals surface area contributed by atoms with Crippen molar-refractivity contribution in [3.63, 3.8) is 0 Å². The number of anilines is 2. The molecule has 3 aromatic rings. The summed E-state index contributed by atoms with van der Waals surface area (Å²) in [5, 5.41) is 15.0. The fourth-order valence-electron chi connectivity index (χ4n) is 3.70. The standard InChI is InChI=1S/C23H27N7OS.C3H8/c1-25-21-17(6-7-19(29-21)30-12-4-2-3-5-13-30)20(24)18-15-28-23(32-18)22(31)27-14-16-8-10-26-11-9-16;1-3-2/h6-11,15,24H,2-5,12-14H2,1H3,(H,25,29)(H,27,31);3H2,1-2H3. The van der Waals surface area contributed by atoms with Gasteiger partial charge in [0, 0.05) is 50.8 Å². The van der Waals surface area contributed by atoms with Crippen molar-refractivity contribution in [3.05, 3.63) is 63.9 Å². The monoisotopic (exact) mass is 493 g/mol. The molecule has 8 nitrogen and oxygen atoms in total. The quantitative estimate of drug-likeness (QED) is 0.395. The number of nitrogens with zero attached hydrogens (tertiary/aromatic N) is 4. The van der Waals surface area contributed by atoms with Crippen molar-refractivity contribution in [1.82, 2.24) is 20.3 Å². The number of carbonyl (C=O) groups is 1. The summed E-state index contributed by atoms with van der Waals surface area (Å²) in [5.74, 6) is 1.34. The largest absolute Gasteiger partial charge is 0.373 e. The van der Waals surface area contributed by atoms with Crippen LogP contribution in [-0.4, -0.2) is 46.7 Å². The lowest BCUT2D eigenvalue weighted by atomic mass is 10.1. The Kier molecular flexibility index (Phi) is 10.2. The van der Waals surface area contributed by atoms with E-state index in [0.717, 1.165) is 24.5 Å². The molecule has 0 saturated carbocycles. The summed E-state index contributed by atoms with van der Waals surface area (Å²) in [7, 11) is 1.82. The molecular formula is C26H35N7OS. The molecule has 186 valence electrons. The molecule has 1 amide bonds. The molecule has 0 radical (unpaired) electrons.